The molecule has 0 fully saturated rings. The van der Waals surface area contributed by atoms with Crippen molar-refractivity contribution in [3.05, 3.63) is 65.2 Å². The van der Waals surface area contributed by atoms with Gasteiger partial charge in [-0.2, -0.15) is 0 Å². The summed E-state index contributed by atoms with van der Waals surface area (Å²) in [5.41, 5.74) is 1.09. The highest BCUT2D eigenvalue weighted by molar-refractivity contribution is 5.75. The van der Waals surface area contributed by atoms with Gasteiger partial charge in [-0.25, -0.2) is 18.2 Å². The zero-order valence-corrected chi connectivity index (χ0v) is 9.75. The second-order valence-corrected chi connectivity index (χ2v) is 4.27. The Hall–Kier alpha value is -2.30. The van der Waals surface area contributed by atoms with Gasteiger partial charge in [0.25, 0.3) is 0 Å². The molecule has 2 aromatic carbocycles. The van der Waals surface area contributed by atoms with Crippen LogP contribution >= 0.6 is 0 Å². The van der Waals surface area contributed by atoms with Gasteiger partial charge in [0.1, 0.15) is 23.0 Å². The van der Waals surface area contributed by atoms with Crippen molar-refractivity contribution >= 4 is 11.0 Å². The molecule has 2 nitrogen and oxygen atoms in total. The lowest BCUT2D eigenvalue weighted by atomic mass is 10.1. The first-order chi connectivity index (χ1) is 9.11. The fourth-order valence-corrected chi connectivity index (χ4v) is 2.02. The van der Waals surface area contributed by atoms with Gasteiger partial charge in [0.2, 0.25) is 0 Å². The molecular weight excluding hydrogens is 253 g/mol. The normalized spacial score (nSPS) is 11.1. The number of hydrogen-bond donors (Lipinski definition) is 1. The van der Waals surface area contributed by atoms with E-state index < -0.39 is 11.6 Å². The van der Waals surface area contributed by atoms with Crippen LogP contribution < -0.4 is 0 Å². The molecule has 3 aromatic rings. The van der Waals surface area contributed by atoms with Crippen molar-refractivity contribution in [2.45, 2.75) is 6.42 Å². The van der Waals surface area contributed by atoms with Crippen LogP contribution in [0, 0.1) is 17.5 Å². The van der Waals surface area contributed by atoms with Gasteiger partial charge in [-0.15, -0.1) is 0 Å². The second kappa shape index (κ2) is 4.42. The third kappa shape index (κ3) is 2.31. The standard InChI is InChI=1S/C14H9F3N2/c15-9-3-1-2-8(4-9)5-13-18-12-7-10(16)6-11(17)14(12)19-13/h1-4,6-7H,5H2,(H,18,19). The van der Waals surface area contributed by atoms with E-state index in [-0.39, 0.29) is 11.3 Å². The Morgan fingerprint density at radius 3 is 2.63 bits per heavy atom. The highest BCUT2D eigenvalue weighted by Crippen LogP contribution is 2.19. The SMILES string of the molecule is Fc1cccc(Cc2nc3c(F)cc(F)cc3[nH]2)c1. The molecule has 0 spiro atoms. The van der Waals surface area contributed by atoms with Crippen molar-refractivity contribution in [2.24, 2.45) is 0 Å². The summed E-state index contributed by atoms with van der Waals surface area (Å²) in [4.78, 5) is 6.89. The van der Waals surface area contributed by atoms with Crippen LogP contribution in [-0.4, -0.2) is 9.97 Å². The number of rotatable bonds is 2. The van der Waals surface area contributed by atoms with Gasteiger partial charge in [-0.05, 0) is 23.8 Å². The molecule has 3 rings (SSSR count). The van der Waals surface area contributed by atoms with E-state index in [1.54, 1.807) is 12.1 Å². The topological polar surface area (TPSA) is 28.7 Å². The van der Waals surface area contributed by atoms with Crippen molar-refractivity contribution in [1.29, 1.82) is 0 Å². The Labute approximate surface area is 106 Å². The molecule has 0 unspecified atom stereocenters. The Bertz CT molecular complexity index is 750. The largest absolute Gasteiger partial charge is 0.342 e. The summed E-state index contributed by atoms with van der Waals surface area (Å²) < 4.78 is 39.6. The van der Waals surface area contributed by atoms with Crippen LogP contribution in [0.3, 0.4) is 0 Å². The molecule has 0 aliphatic carbocycles. The van der Waals surface area contributed by atoms with Crippen molar-refractivity contribution in [3.63, 3.8) is 0 Å². The molecule has 1 N–H and O–H groups in total. The molecule has 0 saturated carbocycles. The molecule has 0 bridgehead atoms. The molecule has 0 aliphatic heterocycles. The van der Waals surface area contributed by atoms with Crippen molar-refractivity contribution in [2.75, 3.05) is 0 Å². The zero-order valence-electron chi connectivity index (χ0n) is 9.75. The number of benzene rings is 2. The lowest BCUT2D eigenvalue weighted by molar-refractivity contribution is 0.590. The maximum absolute atomic E-state index is 13.5. The number of nitrogens with one attached hydrogen (secondary N) is 1. The third-order valence-corrected chi connectivity index (χ3v) is 2.81. The first-order valence-electron chi connectivity index (χ1n) is 5.70. The quantitative estimate of drug-likeness (QED) is 0.751. The van der Waals surface area contributed by atoms with E-state index in [9.17, 15) is 13.2 Å². The zero-order chi connectivity index (χ0) is 13.4. The molecule has 0 amide bonds. The summed E-state index contributed by atoms with van der Waals surface area (Å²) in [6, 6.07) is 8.03. The van der Waals surface area contributed by atoms with Crippen LogP contribution in [0.5, 0.6) is 0 Å². The average Bonchev–Trinajstić information content (AvgIpc) is 2.71. The van der Waals surface area contributed by atoms with Crippen LogP contribution in [0.4, 0.5) is 13.2 Å². The summed E-state index contributed by atoms with van der Waals surface area (Å²) in [6.07, 6.45) is 0.327. The summed E-state index contributed by atoms with van der Waals surface area (Å²) in [5.74, 6) is -1.25. The Morgan fingerprint density at radius 1 is 1.00 bits per heavy atom. The number of H-pyrrole nitrogens is 1. The molecule has 1 heterocycles. The molecule has 1 aromatic heterocycles. The maximum atomic E-state index is 13.5. The van der Waals surface area contributed by atoms with Crippen molar-refractivity contribution in [3.8, 4) is 0 Å². The van der Waals surface area contributed by atoms with Crippen molar-refractivity contribution < 1.29 is 13.2 Å². The lowest BCUT2D eigenvalue weighted by Gasteiger charge is -1.97. The van der Waals surface area contributed by atoms with E-state index in [4.69, 9.17) is 0 Å². The number of aromatic nitrogens is 2. The molecule has 0 atom stereocenters. The smallest absolute Gasteiger partial charge is 0.153 e. The van der Waals surface area contributed by atoms with Crippen LogP contribution in [0.25, 0.3) is 11.0 Å². The fourth-order valence-electron chi connectivity index (χ4n) is 2.02. The van der Waals surface area contributed by atoms with E-state index in [1.165, 1.54) is 18.2 Å². The first-order valence-corrected chi connectivity index (χ1v) is 5.70. The van der Waals surface area contributed by atoms with Gasteiger partial charge in [0.15, 0.2) is 5.82 Å². The number of imidazole rings is 1. The van der Waals surface area contributed by atoms with E-state index >= 15 is 0 Å². The van der Waals surface area contributed by atoms with Crippen LogP contribution in [0.1, 0.15) is 11.4 Å². The molecule has 5 heteroatoms. The summed E-state index contributed by atoms with van der Waals surface area (Å²) >= 11 is 0. The minimum absolute atomic E-state index is 0.0906. The van der Waals surface area contributed by atoms with E-state index in [1.807, 2.05) is 0 Å². The van der Waals surface area contributed by atoms with E-state index in [2.05, 4.69) is 9.97 Å². The Morgan fingerprint density at radius 2 is 1.84 bits per heavy atom. The first kappa shape index (κ1) is 11.8. The van der Waals surface area contributed by atoms with Crippen LogP contribution in [-0.2, 0) is 6.42 Å². The van der Waals surface area contributed by atoms with Gasteiger partial charge in [-0.3, -0.25) is 0 Å². The fraction of sp³-hybridized carbons (Fsp3) is 0.0714. The highest BCUT2D eigenvalue weighted by atomic mass is 19.1. The molecule has 19 heavy (non-hydrogen) atoms. The van der Waals surface area contributed by atoms with Gasteiger partial charge in [0, 0.05) is 12.5 Å². The summed E-state index contributed by atoms with van der Waals surface area (Å²) in [5, 5.41) is 0. The predicted octanol–water partition coefficient (Wildman–Crippen LogP) is 3.57. The maximum Gasteiger partial charge on any atom is 0.153 e. The average molecular weight is 262 g/mol. The molecule has 0 radical (unpaired) electrons. The Balaban J connectivity index is 2.00. The summed E-state index contributed by atoms with van der Waals surface area (Å²) in [6.45, 7) is 0. The monoisotopic (exact) mass is 262 g/mol. The van der Waals surface area contributed by atoms with Gasteiger partial charge >= 0.3 is 0 Å². The molecular formula is C14H9F3N2. The minimum Gasteiger partial charge on any atom is -0.342 e. The van der Waals surface area contributed by atoms with Gasteiger partial charge < -0.3 is 4.98 Å². The third-order valence-electron chi connectivity index (χ3n) is 2.81. The van der Waals surface area contributed by atoms with E-state index in [0.717, 1.165) is 6.07 Å². The number of hydrogen-bond acceptors (Lipinski definition) is 1. The number of nitrogens with zero attached hydrogens (tertiary/aromatic N) is 1. The van der Waals surface area contributed by atoms with E-state index in [0.29, 0.717) is 23.3 Å². The highest BCUT2D eigenvalue weighted by Gasteiger charge is 2.10. The number of halogens is 3. The summed E-state index contributed by atoms with van der Waals surface area (Å²) in [7, 11) is 0. The predicted molar refractivity (Wildman–Crippen MR) is 65.2 cm³/mol. The number of aromatic amines is 1. The molecule has 96 valence electrons. The molecule has 0 saturated heterocycles. The van der Waals surface area contributed by atoms with Crippen LogP contribution in [0.15, 0.2) is 36.4 Å². The molecule has 0 aliphatic rings. The van der Waals surface area contributed by atoms with Crippen molar-refractivity contribution in [1.82, 2.24) is 9.97 Å². The second-order valence-electron chi connectivity index (χ2n) is 4.27. The minimum atomic E-state index is -0.711. The van der Waals surface area contributed by atoms with Gasteiger partial charge in [-0.1, -0.05) is 12.1 Å². The Kier molecular flexibility index (Phi) is 2.74. The lowest BCUT2D eigenvalue weighted by Crippen LogP contribution is -1.91. The van der Waals surface area contributed by atoms with Crippen LogP contribution in [0.2, 0.25) is 0 Å². The van der Waals surface area contributed by atoms with Gasteiger partial charge in [0.05, 0.1) is 5.52 Å². The number of fused-ring (bicyclic) bond motifs is 1.